The van der Waals surface area contributed by atoms with E-state index < -0.39 is 25.9 Å². The Balaban J connectivity index is 2.28. The fourth-order valence-electron chi connectivity index (χ4n) is 3.34. The van der Waals surface area contributed by atoms with E-state index in [4.69, 9.17) is 0 Å². The Bertz CT molecular complexity index is 783. The van der Waals surface area contributed by atoms with E-state index in [-0.39, 0.29) is 10.8 Å². The molecule has 0 heterocycles. The van der Waals surface area contributed by atoms with Crippen molar-refractivity contribution >= 4 is 27.1 Å². The van der Waals surface area contributed by atoms with E-state index in [1.165, 1.54) is 18.2 Å². The van der Waals surface area contributed by atoms with E-state index in [9.17, 15) is 23.3 Å². The zero-order valence-corrected chi connectivity index (χ0v) is 15.4. The number of hydrogen-bond acceptors (Lipinski definition) is 6. The highest BCUT2D eigenvalue weighted by Crippen LogP contribution is 2.40. The van der Waals surface area contributed by atoms with Crippen LogP contribution in [-0.2, 0) is 14.6 Å². The Labute approximate surface area is 147 Å². The van der Waals surface area contributed by atoms with Crippen LogP contribution in [0, 0.1) is 15.5 Å². The van der Waals surface area contributed by atoms with Gasteiger partial charge in [0, 0.05) is 38.6 Å². The van der Waals surface area contributed by atoms with E-state index in [1.807, 2.05) is 0 Å². The number of anilines is 1. The number of nitrogens with one attached hydrogen (secondary N) is 1. The zero-order chi connectivity index (χ0) is 18.8. The summed E-state index contributed by atoms with van der Waals surface area (Å²) in [5, 5.41) is 14.1. The summed E-state index contributed by atoms with van der Waals surface area (Å²) in [4.78, 5) is 24.1. The highest BCUT2D eigenvalue weighted by atomic mass is 32.2. The molecule has 1 amide bonds. The first-order valence-electron chi connectivity index (χ1n) is 8.01. The largest absolute Gasteiger partial charge is 0.384 e. The number of sulfone groups is 1. The van der Waals surface area contributed by atoms with Gasteiger partial charge >= 0.3 is 0 Å². The van der Waals surface area contributed by atoms with Gasteiger partial charge in [0.25, 0.3) is 5.69 Å². The monoisotopic (exact) mass is 369 g/mol. The van der Waals surface area contributed by atoms with Gasteiger partial charge < -0.3 is 10.2 Å². The summed E-state index contributed by atoms with van der Waals surface area (Å²) >= 11 is 0. The van der Waals surface area contributed by atoms with Crippen molar-refractivity contribution in [2.75, 3.05) is 32.2 Å². The van der Waals surface area contributed by atoms with E-state index in [2.05, 4.69) is 5.32 Å². The maximum Gasteiger partial charge on any atom is 0.288 e. The fraction of sp³-hybridized carbons (Fsp3) is 0.562. The standard InChI is InChI=1S/C16H23N3O5S/c1-18(2)15(20)16(8-4-5-9-16)11-17-12-6-7-13(19(21)22)14(10-12)25(3,23)24/h6-7,10,17H,4-5,8-9,11H2,1-3H3. The number of benzene rings is 1. The molecular formula is C16H23N3O5S. The van der Waals surface area contributed by atoms with Gasteiger partial charge in [-0.25, -0.2) is 8.42 Å². The lowest BCUT2D eigenvalue weighted by atomic mass is 9.84. The van der Waals surface area contributed by atoms with E-state index in [1.54, 1.807) is 19.0 Å². The molecule has 0 saturated heterocycles. The maximum atomic E-state index is 12.6. The summed E-state index contributed by atoms with van der Waals surface area (Å²) in [6, 6.07) is 3.90. The van der Waals surface area contributed by atoms with Gasteiger partial charge in [-0.05, 0) is 25.0 Å². The van der Waals surface area contributed by atoms with E-state index in [0.29, 0.717) is 12.2 Å². The predicted molar refractivity (Wildman–Crippen MR) is 94.3 cm³/mol. The van der Waals surface area contributed by atoms with Gasteiger partial charge in [0.2, 0.25) is 5.91 Å². The van der Waals surface area contributed by atoms with Crippen molar-refractivity contribution in [1.29, 1.82) is 0 Å². The minimum atomic E-state index is -3.74. The van der Waals surface area contributed by atoms with Crippen molar-refractivity contribution in [1.82, 2.24) is 4.90 Å². The topological polar surface area (TPSA) is 110 Å². The lowest BCUT2D eigenvalue weighted by Gasteiger charge is -2.31. The Morgan fingerprint density at radius 3 is 2.40 bits per heavy atom. The van der Waals surface area contributed by atoms with Gasteiger partial charge in [0.1, 0.15) is 4.90 Å². The zero-order valence-electron chi connectivity index (χ0n) is 14.6. The molecule has 0 aliphatic heterocycles. The van der Waals surface area contributed by atoms with Crippen LogP contribution < -0.4 is 5.32 Å². The molecule has 1 aliphatic rings. The SMILES string of the molecule is CN(C)C(=O)C1(CNc2ccc([N+](=O)[O-])c(S(C)(=O)=O)c2)CCCC1. The molecule has 1 aromatic carbocycles. The maximum absolute atomic E-state index is 12.6. The Kier molecular flexibility index (Phi) is 5.36. The average Bonchev–Trinajstić information content (AvgIpc) is 3.01. The quantitative estimate of drug-likeness (QED) is 0.607. The minimum Gasteiger partial charge on any atom is -0.384 e. The molecule has 0 radical (unpaired) electrons. The van der Waals surface area contributed by atoms with Gasteiger partial charge in [-0.3, -0.25) is 14.9 Å². The minimum absolute atomic E-state index is 0.0442. The second-order valence-electron chi connectivity index (χ2n) is 6.75. The van der Waals surface area contributed by atoms with Crippen LogP contribution in [0.4, 0.5) is 11.4 Å². The van der Waals surface area contributed by atoms with Gasteiger partial charge in [-0.15, -0.1) is 0 Å². The Hall–Kier alpha value is -2.16. The summed E-state index contributed by atoms with van der Waals surface area (Å²) in [7, 11) is -0.304. The second kappa shape index (κ2) is 6.99. The summed E-state index contributed by atoms with van der Waals surface area (Å²) in [5.74, 6) is 0.0442. The molecule has 1 aliphatic carbocycles. The average molecular weight is 369 g/mol. The number of rotatable bonds is 6. The third-order valence-electron chi connectivity index (χ3n) is 4.61. The number of hydrogen-bond donors (Lipinski definition) is 1. The second-order valence-corrected chi connectivity index (χ2v) is 8.74. The molecule has 0 unspecified atom stereocenters. The third-order valence-corrected chi connectivity index (χ3v) is 5.73. The molecule has 1 fully saturated rings. The summed E-state index contributed by atoms with van der Waals surface area (Å²) in [6.45, 7) is 0.366. The summed E-state index contributed by atoms with van der Waals surface area (Å²) in [6.07, 6.45) is 4.41. The lowest BCUT2D eigenvalue weighted by molar-refractivity contribution is -0.387. The van der Waals surface area contributed by atoms with Crippen molar-refractivity contribution in [3.63, 3.8) is 0 Å². The summed E-state index contributed by atoms with van der Waals surface area (Å²) < 4.78 is 23.7. The first-order valence-corrected chi connectivity index (χ1v) is 9.90. The highest BCUT2D eigenvalue weighted by Gasteiger charge is 2.41. The predicted octanol–water partition coefficient (Wildman–Crippen LogP) is 2.06. The Morgan fingerprint density at radius 1 is 1.32 bits per heavy atom. The van der Waals surface area contributed by atoms with Crippen LogP contribution in [0.25, 0.3) is 0 Å². The van der Waals surface area contributed by atoms with Gasteiger partial charge in [0.15, 0.2) is 9.84 Å². The van der Waals surface area contributed by atoms with Crippen molar-refractivity contribution in [2.45, 2.75) is 30.6 Å². The molecule has 0 spiro atoms. The first-order chi connectivity index (χ1) is 11.6. The van der Waals surface area contributed by atoms with Crippen molar-refractivity contribution in [3.8, 4) is 0 Å². The molecule has 0 atom stereocenters. The number of nitro groups is 1. The van der Waals surface area contributed by atoms with E-state index in [0.717, 1.165) is 31.9 Å². The van der Waals surface area contributed by atoms with Gasteiger partial charge in [-0.2, -0.15) is 0 Å². The van der Waals surface area contributed by atoms with Crippen LogP contribution >= 0.6 is 0 Å². The van der Waals surface area contributed by atoms with Crippen molar-refractivity contribution < 1.29 is 18.1 Å². The van der Waals surface area contributed by atoms with Crippen LogP contribution in [0.3, 0.4) is 0 Å². The number of carbonyl (C=O) groups is 1. The molecule has 1 N–H and O–H groups in total. The number of nitrogens with zero attached hydrogens (tertiary/aromatic N) is 2. The molecule has 1 aromatic rings. The molecule has 8 nitrogen and oxygen atoms in total. The Morgan fingerprint density at radius 2 is 1.92 bits per heavy atom. The van der Waals surface area contributed by atoms with Crippen LogP contribution in [0.2, 0.25) is 0 Å². The van der Waals surface area contributed by atoms with Crippen LogP contribution in [-0.4, -0.2) is 51.0 Å². The third kappa shape index (κ3) is 4.09. The van der Waals surface area contributed by atoms with E-state index >= 15 is 0 Å². The molecule has 2 rings (SSSR count). The molecule has 25 heavy (non-hydrogen) atoms. The lowest BCUT2D eigenvalue weighted by Crippen LogP contribution is -2.43. The normalized spacial score (nSPS) is 16.4. The van der Waals surface area contributed by atoms with Gasteiger partial charge in [0.05, 0.1) is 10.3 Å². The number of carbonyl (C=O) groups excluding carboxylic acids is 1. The first kappa shape index (κ1) is 19.2. The molecular weight excluding hydrogens is 346 g/mol. The molecule has 0 aromatic heterocycles. The van der Waals surface area contributed by atoms with Crippen LogP contribution in [0.5, 0.6) is 0 Å². The van der Waals surface area contributed by atoms with Crippen LogP contribution in [0.15, 0.2) is 23.1 Å². The van der Waals surface area contributed by atoms with Crippen molar-refractivity contribution in [3.05, 3.63) is 28.3 Å². The fourth-order valence-corrected chi connectivity index (χ4v) is 4.20. The van der Waals surface area contributed by atoms with Gasteiger partial charge in [-0.1, -0.05) is 12.8 Å². The molecule has 138 valence electrons. The van der Waals surface area contributed by atoms with Crippen LogP contribution in [0.1, 0.15) is 25.7 Å². The van der Waals surface area contributed by atoms with Crippen molar-refractivity contribution in [2.24, 2.45) is 5.41 Å². The smallest absolute Gasteiger partial charge is 0.288 e. The molecule has 1 saturated carbocycles. The summed E-state index contributed by atoms with van der Waals surface area (Å²) in [5.41, 5.74) is -0.520. The number of nitro benzene ring substituents is 1. The number of amides is 1. The highest BCUT2D eigenvalue weighted by molar-refractivity contribution is 7.90. The molecule has 0 bridgehead atoms. The molecule has 9 heteroatoms.